The molecule has 0 radical (unpaired) electrons. The van der Waals surface area contributed by atoms with Crippen molar-refractivity contribution in [3.63, 3.8) is 0 Å². The maximum atomic E-state index is 5.59. The molecule has 1 aromatic rings. The Bertz CT molecular complexity index is 248. The van der Waals surface area contributed by atoms with E-state index in [4.69, 9.17) is 11.6 Å². The highest BCUT2D eigenvalue weighted by atomic mass is 79.9. The molecule has 6 heteroatoms. The number of hydrogen-bond donors (Lipinski definition) is 0. The van der Waals surface area contributed by atoms with E-state index in [2.05, 4.69) is 36.8 Å². The summed E-state index contributed by atoms with van der Waals surface area (Å²) in [6.07, 6.45) is 0. The average molecular weight is 369 g/mol. The molecule has 1 aromatic heterocycles. The molecule has 64 valence electrons. The molecular formula is C5H6Br3ClN2. The summed E-state index contributed by atoms with van der Waals surface area (Å²) < 4.78 is 3.60. The summed E-state index contributed by atoms with van der Waals surface area (Å²) in [5.74, 6) is 1.28. The van der Waals surface area contributed by atoms with Crippen LogP contribution in [0.4, 0.5) is 0 Å². The molecule has 2 nitrogen and oxygen atoms in total. The number of alkyl halides is 1. The van der Waals surface area contributed by atoms with Gasteiger partial charge in [0.1, 0.15) is 15.0 Å². The molecule has 0 saturated heterocycles. The Hall–Kier alpha value is 0.940. The molecule has 0 aliphatic heterocycles. The van der Waals surface area contributed by atoms with E-state index >= 15 is 0 Å². The Morgan fingerprint density at radius 2 is 2.09 bits per heavy atom. The lowest BCUT2D eigenvalue weighted by Gasteiger charge is -1.95. The van der Waals surface area contributed by atoms with Crippen LogP contribution in [0.5, 0.6) is 0 Å². The minimum Gasteiger partial charge on any atom is -0.324 e. The third-order valence-corrected chi connectivity index (χ3v) is 3.43. The molecule has 0 aliphatic carbocycles. The van der Waals surface area contributed by atoms with E-state index in [1.54, 1.807) is 0 Å². The quantitative estimate of drug-likeness (QED) is 0.695. The van der Waals surface area contributed by atoms with Gasteiger partial charge in [0.15, 0.2) is 0 Å². The monoisotopic (exact) mass is 366 g/mol. The lowest BCUT2D eigenvalue weighted by molar-refractivity contribution is 0.830. The topological polar surface area (TPSA) is 17.8 Å². The van der Waals surface area contributed by atoms with Crippen LogP contribution in [0, 0.1) is 0 Å². The predicted molar refractivity (Wildman–Crippen MR) is 58.5 cm³/mol. The van der Waals surface area contributed by atoms with Crippen LogP contribution < -0.4 is 0 Å². The van der Waals surface area contributed by atoms with Gasteiger partial charge in [-0.2, -0.15) is 0 Å². The molecule has 0 unspecified atom stereocenters. The van der Waals surface area contributed by atoms with E-state index in [1.165, 1.54) is 0 Å². The van der Waals surface area contributed by atoms with E-state index in [0.29, 0.717) is 5.88 Å². The van der Waals surface area contributed by atoms with Crippen LogP contribution in [0.3, 0.4) is 0 Å². The van der Waals surface area contributed by atoms with Gasteiger partial charge >= 0.3 is 0 Å². The van der Waals surface area contributed by atoms with Crippen molar-refractivity contribution in [1.29, 1.82) is 0 Å². The summed E-state index contributed by atoms with van der Waals surface area (Å²) in [6.45, 7) is 0. The van der Waals surface area contributed by atoms with E-state index in [1.807, 2.05) is 11.6 Å². The van der Waals surface area contributed by atoms with Crippen LogP contribution in [0.25, 0.3) is 0 Å². The van der Waals surface area contributed by atoms with Gasteiger partial charge in [-0.3, -0.25) is 0 Å². The smallest absolute Gasteiger partial charge is 0.139 e. The Kier molecular flexibility index (Phi) is 5.26. The fourth-order valence-corrected chi connectivity index (χ4v) is 1.61. The van der Waals surface area contributed by atoms with Gasteiger partial charge in [-0.1, -0.05) is 0 Å². The highest BCUT2D eigenvalue weighted by molar-refractivity contribution is 9.13. The lowest BCUT2D eigenvalue weighted by Crippen LogP contribution is -1.93. The molecule has 0 aliphatic rings. The minimum atomic E-state index is 0. The van der Waals surface area contributed by atoms with Crippen LogP contribution in [-0.4, -0.2) is 9.55 Å². The summed E-state index contributed by atoms with van der Waals surface area (Å²) in [4.78, 5) is 4.13. The first-order valence-electron chi connectivity index (χ1n) is 2.59. The van der Waals surface area contributed by atoms with Crippen LogP contribution in [0.15, 0.2) is 9.21 Å². The molecular weight excluding hydrogens is 363 g/mol. The standard InChI is InChI=1S/C5H5Br2ClN2.BrH/c1-10-3(2-8)9-4(6)5(10)7;/h2H2,1H3;1H. The molecule has 0 spiro atoms. The number of hydrogen-bond acceptors (Lipinski definition) is 1. The first-order chi connectivity index (χ1) is 4.66. The van der Waals surface area contributed by atoms with Crippen molar-refractivity contribution in [2.24, 2.45) is 7.05 Å². The molecule has 0 fully saturated rings. The van der Waals surface area contributed by atoms with E-state index in [-0.39, 0.29) is 17.0 Å². The SMILES string of the molecule is Br.Cn1c(CCl)nc(Br)c1Br. The van der Waals surface area contributed by atoms with Crippen molar-refractivity contribution < 1.29 is 0 Å². The van der Waals surface area contributed by atoms with Crippen LogP contribution in [0.2, 0.25) is 0 Å². The zero-order chi connectivity index (χ0) is 7.72. The maximum absolute atomic E-state index is 5.59. The van der Waals surface area contributed by atoms with Crippen molar-refractivity contribution in [2.45, 2.75) is 5.88 Å². The number of rotatable bonds is 1. The molecule has 0 aromatic carbocycles. The molecule has 0 saturated carbocycles. The van der Waals surface area contributed by atoms with Crippen LogP contribution in [-0.2, 0) is 12.9 Å². The number of aromatic nitrogens is 2. The zero-order valence-electron chi connectivity index (χ0n) is 5.64. The Balaban J connectivity index is 0.000001000. The average Bonchev–Trinajstić information content (AvgIpc) is 2.17. The molecule has 0 bridgehead atoms. The summed E-state index contributed by atoms with van der Waals surface area (Å²) in [5, 5.41) is 0. The van der Waals surface area contributed by atoms with Gasteiger partial charge in [0.05, 0.1) is 5.88 Å². The van der Waals surface area contributed by atoms with Crippen LogP contribution >= 0.6 is 60.4 Å². The lowest BCUT2D eigenvalue weighted by atomic mass is 10.7. The fraction of sp³-hybridized carbons (Fsp3) is 0.400. The maximum Gasteiger partial charge on any atom is 0.139 e. The van der Waals surface area contributed by atoms with Gasteiger partial charge in [-0.15, -0.1) is 28.6 Å². The van der Waals surface area contributed by atoms with Crippen molar-refractivity contribution in [3.8, 4) is 0 Å². The molecule has 0 amide bonds. The van der Waals surface area contributed by atoms with Gasteiger partial charge in [-0.05, 0) is 31.9 Å². The van der Waals surface area contributed by atoms with Gasteiger partial charge in [0.25, 0.3) is 0 Å². The molecule has 1 heterocycles. The third-order valence-electron chi connectivity index (χ3n) is 1.20. The first kappa shape index (κ1) is 11.9. The number of nitrogens with zero attached hydrogens (tertiary/aromatic N) is 2. The Morgan fingerprint density at radius 1 is 1.55 bits per heavy atom. The van der Waals surface area contributed by atoms with E-state index in [0.717, 1.165) is 15.0 Å². The highest BCUT2D eigenvalue weighted by Gasteiger charge is 2.07. The van der Waals surface area contributed by atoms with Crippen molar-refractivity contribution >= 4 is 60.4 Å². The second-order valence-electron chi connectivity index (χ2n) is 1.80. The third kappa shape index (κ3) is 2.44. The van der Waals surface area contributed by atoms with Gasteiger partial charge in [0, 0.05) is 7.05 Å². The Labute approximate surface area is 97.4 Å². The number of imidazole rings is 1. The Morgan fingerprint density at radius 3 is 2.27 bits per heavy atom. The van der Waals surface area contributed by atoms with E-state index < -0.39 is 0 Å². The highest BCUT2D eigenvalue weighted by Crippen LogP contribution is 2.22. The normalized spacial score (nSPS) is 9.45. The predicted octanol–water partition coefficient (Wildman–Crippen LogP) is 3.26. The molecule has 0 atom stereocenters. The fourth-order valence-electron chi connectivity index (χ4n) is 0.606. The van der Waals surface area contributed by atoms with E-state index in [9.17, 15) is 0 Å². The summed E-state index contributed by atoms with van der Waals surface area (Å²) >= 11 is 12.2. The zero-order valence-corrected chi connectivity index (χ0v) is 11.3. The molecule has 1 rings (SSSR count). The molecule has 11 heavy (non-hydrogen) atoms. The van der Waals surface area contributed by atoms with Gasteiger partial charge in [-0.25, -0.2) is 4.98 Å². The molecule has 0 N–H and O–H groups in total. The second kappa shape index (κ2) is 4.84. The summed E-state index contributed by atoms with van der Waals surface area (Å²) in [5.41, 5.74) is 0. The minimum absolute atomic E-state index is 0. The number of halogens is 4. The van der Waals surface area contributed by atoms with Crippen LogP contribution in [0.1, 0.15) is 5.82 Å². The van der Waals surface area contributed by atoms with Gasteiger partial charge in [0.2, 0.25) is 0 Å². The first-order valence-corrected chi connectivity index (χ1v) is 4.71. The van der Waals surface area contributed by atoms with Crippen molar-refractivity contribution in [3.05, 3.63) is 15.0 Å². The van der Waals surface area contributed by atoms with Crippen molar-refractivity contribution in [1.82, 2.24) is 9.55 Å². The largest absolute Gasteiger partial charge is 0.324 e. The summed E-state index contributed by atoms with van der Waals surface area (Å²) in [7, 11) is 1.90. The summed E-state index contributed by atoms with van der Waals surface area (Å²) in [6, 6.07) is 0. The van der Waals surface area contributed by atoms with Crippen molar-refractivity contribution in [2.75, 3.05) is 0 Å². The van der Waals surface area contributed by atoms with Gasteiger partial charge < -0.3 is 4.57 Å². The second-order valence-corrected chi connectivity index (χ2v) is 3.57.